The minimum Gasteiger partial charge on any atom is -0.490 e. The number of imide groups is 2. The van der Waals surface area contributed by atoms with Crippen LogP contribution in [-0.4, -0.2) is 134 Å². The molecule has 1 saturated heterocycles. The van der Waals surface area contributed by atoms with Gasteiger partial charge in [0.15, 0.2) is 5.13 Å². The molecule has 0 bridgehead atoms. The number of piperidine rings is 1. The molecule has 2 aliphatic heterocycles. The molecule has 20 heteroatoms. The van der Waals surface area contributed by atoms with E-state index in [0.29, 0.717) is 76.4 Å². The maximum atomic E-state index is 13.2. The Bertz CT molecular complexity index is 2420. The molecule has 5 amide bonds. The van der Waals surface area contributed by atoms with Crippen LogP contribution in [0.3, 0.4) is 0 Å². The van der Waals surface area contributed by atoms with E-state index in [9.17, 15) is 24.0 Å². The van der Waals surface area contributed by atoms with E-state index in [4.69, 9.17) is 23.4 Å². The van der Waals surface area contributed by atoms with Crippen LogP contribution in [0.2, 0.25) is 0 Å². The van der Waals surface area contributed by atoms with Gasteiger partial charge in [-0.2, -0.15) is 0 Å². The normalized spacial score (nSPS) is 18.5. The summed E-state index contributed by atoms with van der Waals surface area (Å²) in [4.78, 5) is 74.8. The van der Waals surface area contributed by atoms with E-state index >= 15 is 0 Å². The Morgan fingerprint density at radius 2 is 1.72 bits per heavy atom. The molecule has 1 saturated carbocycles. The molecule has 0 spiro atoms. The molecule has 2 unspecified atom stereocenters. The number of thiazole rings is 1. The number of nitrogens with one attached hydrogen (secondary N) is 4. The van der Waals surface area contributed by atoms with Crippen molar-refractivity contribution in [3.05, 3.63) is 89.8 Å². The van der Waals surface area contributed by atoms with Gasteiger partial charge in [0.1, 0.15) is 23.7 Å². The van der Waals surface area contributed by atoms with Crippen molar-refractivity contribution >= 4 is 69.1 Å². The summed E-state index contributed by atoms with van der Waals surface area (Å²) in [5.74, 6) is 0.646. The molecule has 370 valence electrons. The molecular weight excluding hydrogens is 925 g/mol. The Morgan fingerprint density at radius 3 is 2.48 bits per heavy atom. The van der Waals surface area contributed by atoms with Gasteiger partial charge in [-0.15, -0.1) is 11.8 Å². The van der Waals surface area contributed by atoms with E-state index in [1.54, 1.807) is 41.3 Å². The summed E-state index contributed by atoms with van der Waals surface area (Å²) in [6.07, 6.45) is 11.3. The molecule has 69 heavy (non-hydrogen) atoms. The molecule has 2 fully saturated rings. The van der Waals surface area contributed by atoms with Crippen molar-refractivity contribution in [3.8, 4) is 5.75 Å². The lowest BCUT2D eigenvalue weighted by Gasteiger charge is -2.30. The van der Waals surface area contributed by atoms with Gasteiger partial charge in [0.2, 0.25) is 23.6 Å². The average molecular weight is 987 g/mol. The number of thioether (sulfide) groups is 1. The van der Waals surface area contributed by atoms with Gasteiger partial charge in [0.25, 0.3) is 11.8 Å². The third-order valence-electron chi connectivity index (χ3n) is 11.6. The lowest BCUT2D eigenvalue weighted by Crippen LogP contribution is -2.54. The van der Waals surface area contributed by atoms with Crippen LogP contribution in [0.1, 0.15) is 91.7 Å². The van der Waals surface area contributed by atoms with Crippen LogP contribution in [0.5, 0.6) is 5.75 Å². The zero-order chi connectivity index (χ0) is 48.8. The van der Waals surface area contributed by atoms with Crippen LogP contribution in [0.15, 0.2) is 75.6 Å². The highest BCUT2D eigenvalue weighted by Gasteiger charge is 2.45. The van der Waals surface area contributed by atoms with Crippen molar-refractivity contribution in [3.63, 3.8) is 0 Å². The number of benzene rings is 2. The Hall–Kier alpha value is -5.64. The Labute approximate surface area is 410 Å². The van der Waals surface area contributed by atoms with Crippen molar-refractivity contribution in [1.82, 2.24) is 25.1 Å². The molecule has 2 aromatic heterocycles. The fourth-order valence-electron chi connectivity index (χ4n) is 7.91. The van der Waals surface area contributed by atoms with Gasteiger partial charge >= 0.3 is 0 Å². The number of carbonyl (C=O) groups excluding carboxylic acids is 5. The molecule has 2 aromatic carbocycles. The lowest BCUT2D eigenvalue weighted by atomic mass is 9.93. The van der Waals surface area contributed by atoms with Crippen LogP contribution >= 0.6 is 23.1 Å². The number of anilines is 3. The minimum atomic E-state index is -1.02. The second-order valence-electron chi connectivity index (χ2n) is 18.0. The molecule has 4 heterocycles. The number of amides is 5. The average Bonchev–Trinajstić information content (AvgIpc) is 4.05. The van der Waals surface area contributed by atoms with Crippen molar-refractivity contribution in [2.75, 3.05) is 82.3 Å². The van der Waals surface area contributed by atoms with E-state index in [2.05, 4.69) is 52.0 Å². The van der Waals surface area contributed by atoms with Gasteiger partial charge in [-0.05, 0) is 69.1 Å². The van der Waals surface area contributed by atoms with E-state index in [1.807, 2.05) is 54.7 Å². The molecule has 4 aromatic rings. The largest absolute Gasteiger partial charge is 0.490 e. The minimum absolute atomic E-state index is 0.0599. The molecule has 1 aliphatic carbocycles. The van der Waals surface area contributed by atoms with Crippen LogP contribution in [0.4, 0.5) is 16.5 Å². The van der Waals surface area contributed by atoms with Crippen LogP contribution in [-0.2, 0) is 39.8 Å². The third-order valence-corrected chi connectivity index (χ3v) is 13.7. The molecule has 4 N–H and O–H groups in total. The molecule has 3 aliphatic rings. The SMILES string of the molecule is CN(C/C=C/C(=O)Nc1ccc(OC2CCC[C@@H](Nc3ncc(SCc4ncc(C(C)(C)C)o4)s3)C2)cc1)CCOCCOCCOCCNc1cccc2c1C(=O)N(C1CCC(=O)NC1=O)C2=O. The van der Waals surface area contributed by atoms with Crippen LogP contribution in [0.25, 0.3) is 0 Å². The quantitative estimate of drug-likeness (QED) is 0.0241. The van der Waals surface area contributed by atoms with Crippen molar-refractivity contribution in [2.45, 2.75) is 92.9 Å². The van der Waals surface area contributed by atoms with Gasteiger partial charge in [-0.25, -0.2) is 9.97 Å². The predicted molar refractivity (Wildman–Crippen MR) is 263 cm³/mol. The molecule has 0 radical (unpaired) electrons. The summed E-state index contributed by atoms with van der Waals surface area (Å²) in [6.45, 7) is 10.4. The topological polar surface area (TPSA) is 216 Å². The summed E-state index contributed by atoms with van der Waals surface area (Å²) in [6, 6.07) is 11.7. The number of nitrogens with zero attached hydrogens (tertiary/aromatic N) is 4. The first-order valence-corrected chi connectivity index (χ1v) is 25.2. The number of rotatable bonds is 25. The number of carbonyl (C=O) groups is 5. The number of hydrogen-bond acceptors (Lipinski definition) is 17. The van der Waals surface area contributed by atoms with E-state index in [-0.39, 0.29) is 47.4 Å². The van der Waals surface area contributed by atoms with Gasteiger partial charge in [0.05, 0.1) is 73.1 Å². The Balaban J connectivity index is 0.689. The number of fused-ring (bicyclic) bond motifs is 1. The first-order chi connectivity index (χ1) is 33.3. The first-order valence-electron chi connectivity index (χ1n) is 23.4. The molecular formula is C49H62N8O10S2. The van der Waals surface area contributed by atoms with Gasteiger partial charge in [-0.3, -0.25) is 34.2 Å². The number of likely N-dealkylation sites (N-methyl/N-ethyl adjacent to an activating group) is 1. The van der Waals surface area contributed by atoms with Crippen LogP contribution < -0.4 is 26.0 Å². The Morgan fingerprint density at radius 1 is 0.957 bits per heavy atom. The van der Waals surface area contributed by atoms with E-state index in [1.165, 1.54) is 6.08 Å². The maximum absolute atomic E-state index is 13.2. The number of hydrogen-bond donors (Lipinski definition) is 4. The lowest BCUT2D eigenvalue weighted by molar-refractivity contribution is -0.136. The second kappa shape index (κ2) is 24.8. The van der Waals surface area contributed by atoms with E-state index < -0.39 is 29.7 Å². The molecule has 7 rings (SSSR count). The highest BCUT2D eigenvalue weighted by Crippen LogP contribution is 2.35. The Kier molecular flexibility index (Phi) is 18.4. The predicted octanol–water partition coefficient (Wildman–Crippen LogP) is 6.51. The van der Waals surface area contributed by atoms with E-state index in [0.717, 1.165) is 57.3 Å². The number of oxazole rings is 1. The summed E-state index contributed by atoms with van der Waals surface area (Å²) in [7, 11) is 1.95. The van der Waals surface area contributed by atoms with Gasteiger partial charge in [0, 0.05) is 61.4 Å². The fraction of sp³-hybridized carbons (Fsp3) is 0.490. The second-order valence-corrected chi connectivity index (χ2v) is 20.3. The highest BCUT2D eigenvalue weighted by molar-refractivity contribution is 8.00. The fourth-order valence-corrected chi connectivity index (χ4v) is 9.72. The first kappa shape index (κ1) is 51.2. The third kappa shape index (κ3) is 14.9. The summed E-state index contributed by atoms with van der Waals surface area (Å²) in [5, 5.41) is 12.8. The maximum Gasteiger partial charge on any atom is 0.264 e. The zero-order valence-electron chi connectivity index (χ0n) is 39.6. The monoisotopic (exact) mass is 986 g/mol. The smallest absolute Gasteiger partial charge is 0.264 e. The van der Waals surface area contributed by atoms with Gasteiger partial charge < -0.3 is 44.2 Å². The molecule has 3 atom stereocenters. The standard InChI is InChI=1S/C49H62N8O10S2/c1-49(2,3)39-29-51-42(67-39)31-68-43-30-52-48(69-43)54-33-8-5-9-35(28-33)66-34-15-13-32(14-16-34)53-40(58)12-7-20-56(4)21-23-64-25-27-65-26-24-63-22-19-50-37-11-6-10-36-44(37)47(62)57(46(36)61)38-17-18-41(59)55-45(38)60/h6-7,10-16,29-30,33,35,38,50H,5,8-9,17-28,31H2,1-4H3,(H,52,54)(H,53,58)(H,55,59,60)/b12-7+/t33-,35?,38?/m1/s1. The molecule has 18 nitrogen and oxygen atoms in total. The summed E-state index contributed by atoms with van der Waals surface area (Å²) >= 11 is 3.32. The summed E-state index contributed by atoms with van der Waals surface area (Å²) in [5.41, 5.74) is 1.52. The zero-order valence-corrected chi connectivity index (χ0v) is 41.2. The van der Waals surface area contributed by atoms with Crippen molar-refractivity contribution < 1.29 is 47.3 Å². The number of aromatic nitrogens is 2. The number of ether oxygens (including phenoxy) is 4. The van der Waals surface area contributed by atoms with Crippen LogP contribution in [0, 0.1) is 0 Å². The van der Waals surface area contributed by atoms with Gasteiger partial charge in [-0.1, -0.05) is 44.3 Å². The van der Waals surface area contributed by atoms with Crippen molar-refractivity contribution in [2.24, 2.45) is 0 Å². The highest BCUT2D eigenvalue weighted by atomic mass is 32.2. The van der Waals surface area contributed by atoms with Crippen molar-refractivity contribution in [1.29, 1.82) is 0 Å². The summed E-state index contributed by atoms with van der Waals surface area (Å²) < 4.78 is 30.3.